The smallest absolute Gasteiger partial charge is 0.410 e. The molecule has 0 saturated carbocycles. The fraction of sp³-hybridized carbons (Fsp3) is 0.659. The minimum absolute atomic E-state index is 0. The molecule has 9 rings (SSSR count). The summed E-state index contributed by atoms with van der Waals surface area (Å²) < 4.78 is 61.4. The zero-order valence-electron chi connectivity index (χ0n) is 77.0. The van der Waals surface area contributed by atoms with Crippen LogP contribution >= 0.6 is 15.9 Å². The van der Waals surface area contributed by atoms with Gasteiger partial charge < -0.3 is 75.4 Å². The molecule has 6 atom stereocenters. The highest BCUT2D eigenvalue weighted by atomic mass is 79.9. The highest BCUT2D eigenvalue weighted by molar-refractivity contribution is 9.10. The maximum Gasteiger partial charge on any atom is 0.410 e. The van der Waals surface area contributed by atoms with Gasteiger partial charge in [-0.3, -0.25) is 9.80 Å². The van der Waals surface area contributed by atoms with Crippen LogP contribution in [-0.4, -0.2) is 220 Å². The second-order valence-electron chi connectivity index (χ2n) is 38.5. The summed E-state index contributed by atoms with van der Waals surface area (Å²) in [5.41, 5.74) is 7.00. The monoisotopic (exact) mass is 1730 g/mol. The van der Waals surface area contributed by atoms with Gasteiger partial charge in [-0.2, -0.15) is 0 Å². The van der Waals surface area contributed by atoms with Gasteiger partial charge in [-0.25, -0.2) is 29.3 Å². The van der Waals surface area contributed by atoms with Crippen LogP contribution in [0.4, 0.5) is 25.8 Å². The molecule has 6 aromatic heterocycles. The number of hydrogen-bond acceptors (Lipinski definition) is 18. The van der Waals surface area contributed by atoms with Crippen LogP contribution in [0.2, 0.25) is 54.4 Å². The zero-order chi connectivity index (χ0) is 87.0. The maximum absolute atomic E-state index is 13.3. The van der Waals surface area contributed by atoms with Crippen LogP contribution in [0.3, 0.4) is 0 Å². The molecule has 3 amide bonds. The molecular formula is C88H149BrN12O12Si3. The Bertz CT molecular complexity index is 3980. The number of aromatic nitrogens is 6. The normalized spacial score (nSPS) is 17.6. The average molecular weight is 1730 g/mol. The third-order valence-electron chi connectivity index (χ3n) is 22.8. The van der Waals surface area contributed by atoms with Crippen LogP contribution in [0, 0.1) is 41.5 Å². The minimum atomic E-state index is -2.07. The Kier molecular flexibility index (Phi) is 33.9. The molecular weight excluding hydrogens is 1580 g/mol. The van der Waals surface area contributed by atoms with Crippen molar-refractivity contribution in [3.8, 4) is 34.7 Å². The molecule has 28 heteroatoms. The fourth-order valence-electron chi connectivity index (χ4n) is 13.5. The van der Waals surface area contributed by atoms with Gasteiger partial charge in [-0.05, 0) is 231 Å². The minimum Gasteiger partial charge on any atom is -0.495 e. The number of rotatable bonds is 17. The number of piperazine rings is 3. The first-order valence-electron chi connectivity index (χ1n) is 40.7. The van der Waals surface area contributed by atoms with Crippen LogP contribution in [0.15, 0.2) is 77.7 Å². The SMILES string of the molecule is C.CC(O[Si](C)(C)C(C)(C)C)[C@H]1CNCCN1C(=O)OC(C)(C)C.COc1cc(-n2c(C)ccc2C)ncc1Br.COc1cc(-n2c(C)ccc2C)ncc1N1CCN(C(=O)OC(C)(C)C)[C@@H]([C@@H](C)O[Si](C)(C)C(C)(C)C)C1.COc1cc(-n2c(C)ccc2C)ncc1N1CCN(C(=O)OC(C)(C)C)[C@@H]([C@H](C)O[Si](C)(C)C(C)(C)C)C1. The van der Waals surface area contributed by atoms with Crippen LogP contribution in [-0.2, 0) is 27.5 Å². The zero-order valence-corrected chi connectivity index (χ0v) is 81.5. The van der Waals surface area contributed by atoms with E-state index in [1.807, 2.05) is 108 Å². The summed E-state index contributed by atoms with van der Waals surface area (Å²) in [7, 11) is -0.974. The molecule has 652 valence electrons. The first kappa shape index (κ1) is 99.6. The molecule has 3 aliphatic heterocycles. The number of hydrogen-bond donors (Lipinski definition) is 1. The molecule has 6 aromatic rings. The van der Waals surface area contributed by atoms with Gasteiger partial charge in [0.15, 0.2) is 25.0 Å². The standard InChI is InChI=1S/2C29H48N4O4Si.C17H36N2O3Si.C12H13BrN2O.CH4/c2*1-20-13-14-21(2)33(20)26-17-25(35-10)23(18-30-26)31-15-16-32(27(34)36-28(4,5)6)24(19-31)22(3)37-38(11,12)29(7,8)9;1-13(22-23(8,9)17(5,6)7)14-12-18-10-11-19(14)15(20)21-16(2,3)4;1-8-4-5-9(2)15(8)12-6-11(16-3)10(13)7-14-12;/h2*13-14,17-18,22,24H,15-16,19H2,1-12H3;13-14,18H,10-12H2,1-9H3;4-7H,1-3H3;1H4/t22-,24+;22-,24-;13?,14-;;/m011../s1. The highest BCUT2D eigenvalue weighted by Crippen LogP contribution is 2.43. The van der Waals surface area contributed by atoms with Gasteiger partial charge in [-0.1, -0.05) is 69.7 Å². The maximum atomic E-state index is 13.3. The second kappa shape index (κ2) is 39.5. The summed E-state index contributed by atoms with van der Waals surface area (Å²) in [6.45, 7) is 75.0. The summed E-state index contributed by atoms with van der Waals surface area (Å²) in [5.74, 6) is 4.82. The van der Waals surface area contributed by atoms with Gasteiger partial charge in [0.25, 0.3) is 0 Å². The average Bonchev–Trinajstić information content (AvgIpc) is 1.03. The lowest BCUT2D eigenvalue weighted by Gasteiger charge is -2.47. The quantitative estimate of drug-likeness (QED) is 0.0663. The van der Waals surface area contributed by atoms with Crippen molar-refractivity contribution < 1.29 is 56.1 Å². The van der Waals surface area contributed by atoms with E-state index in [-0.39, 0.29) is 77.3 Å². The van der Waals surface area contributed by atoms with Crippen molar-refractivity contribution in [2.45, 2.75) is 302 Å². The Morgan fingerprint density at radius 2 is 0.690 bits per heavy atom. The second-order valence-corrected chi connectivity index (χ2v) is 53.7. The first-order valence-corrected chi connectivity index (χ1v) is 50.3. The van der Waals surface area contributed by atoms with Gasteiger partial charge in [0.2, 0.25) is 0 Å². The van der Waals surface area contributed by atoms with Gasteiger partial charge in [0.05, 0.1) is 86.0 Å². The highest BCUT2D eigenvalue weighted by Gasteiger charge is 2.47. The third kappa shape index (κ3) is 26.0. The number of pyridine rings is 3. The van der Waals surface area contributed by atoms with Crippen molar-refractivity contribution >= 4 is 70.5 Å². The molecule has 116 heavy (non-hydrogen) atoms. The van der Waals surface area contributed by atoms with E-state index in [1.165, 1.54) is 0 Å². The van der Waals surface area contributed by atoms with Crippen LogP contribution in [0.5, 0.6) is 17.2 Å². The Morgan fingerprint density at radius 1 is 0.422 bits per heavy atom. The number of amides is 3. The van der Waals surface area contributed by atoms with E-state index in [9.17, 15) is 14.4 Å². The number of carbonyl (C=O) groups excluding carboxylic acids is 3. The predicted octanol–water partition coefficient (Wildman–Crippen LogP) is 20.2. The summed E-state index contributed by atoms with van der Waals surface area (Å²) >= 11 is 3.39. The first-order chi connectivity index (χ1) is 52.8. The third-order valence-corrected chi connectivity index (χ3v) is 37.1. The Balaban J connectivity index is 0.000000289. The van der Waals surface area contributed by atoms with Gasteiger partial charge in [0, 0.05) is 117 Å². The molecule has 9 heterocycles. The topological polar surface area (TPSA) is 216 Å². The Hall–Kier alpha value is -6.93. The van der Waals surface area contributed by atoms with Crippen molar-refractivity contribution in [1.82, 2.24) is 48.7 Å². The van der Waals surface area contributed by atoms with Crippen molar-refractivity contribution in [1.29, 1.82) is 0 Å². The summed E-state index contributed by atoms with van der Waals surface area (Å²) in [6.07, 6.45) is 4.32. The van der Waals surface area contributed by atoms with Crippen LogP contribution in [0.1, 0.15) is 187 Å². The Labute approximate surface area is 709 Å². The summed E-state index contributed by atoms with van der Waals surface area (Å²) in [4.78, 5) is 63.1. The summed E-state index contributed by atoms with van der Waals surface area (Å²) in [5, 5.41) is 3.65. The van der Waals surface area contributed by atoms with Crippen LogP contribution < -0.4 is 29.3 Å². The molecule has 0 radical (unpaired) electrons. The number of nitrogens with zero attached hydrogens (tertiary/aromatic N) is 11. The molecule has 3 saturated heterocycles. The number of nitrogens with one attached hydrogen (secondary N) is 1. The molecule has 0 aromatic carbocycles. The van der Waals surface area contributed by atoms with Crippen molar-refractivity contribution in [2.24, 2.45) is 0 Å². The van der Waals surface area contributed by atoms with E-state index in [1.54, 1.807) is 27.5 Å². The lowest BCUT2D eigenvalue weighted by atomic mass is 10.1. The van der Waals surface area contributed by atoms with E-state index in [0.717, 1.165) is 97.8 Å². The van der Waals surface area contributed by atoms with E-state index in [4.69, 9.17) is 51.7 Å². The fourth-order valence-corrected chi connectivity index (χ4v) is 18.2. The lowest BCUT2D eigenvalue weighted by molar-refractivity contribution is -0.00666. The van der Waals surface area contributed by atoms with Crippen molar-refractivity contribution in [3.05, 3.63) is 112 Å². The molecule has 0 aliphatic carbocycles. The van der Waals surface area contributed by atoms with Gasteiger partial charge >= 0.3 is 18.3 Å². The molecule has 0 bridgehead atoms. The van der Waals surface area contributed by atoms with Gasteiger partial charge in [0.1, 0.15) is 51.5 Å². The van der Waals surface area contributed by atoms with Crippen molar-refractivity contribution in [2.75, 3.05) is 90.0 Å². The molecule has 0 spiro atoms. The Morgan fingerprint density at radius 3 is 0.966 bits per heavy atom. The predicted molar refractivity (Wildman–Crippen MR) is 484 cm³/mol. The van der Waals surface area contributed by atoms with E-state index in [0.29, 0.717) is 45.8 Å². The summed E-state index contributed by atoms with van der Waals surface area (Å²) in [6, 6.07) is 18.0. The number of anilines is 2. The number of ether oxygens (including phenoxy) is 6. The molecule has 1 unspecified atom stereocenters. The lowest BCUT2D eigenvalue weighted by Crippen LogP contribution is -2.61. The molecule has 1 N–H and O–H groups in total. The van der Waals surface area contributed by atoms with Gasteiger partial charge in [-0.15, -0.1) is 0 Å². The number of methoxy groups -OCH3 is 3. The number of aryl methyl sites for hydroxylation is 6. The van der Waals surface area contributed by atoms with E-state index >= 15 is 0 Å². The van der Waals surface area contributed by atoms with E-state index in [2.05, 4.69) is 250 Å². The van der Waals surface area contributed by atoms with Crippen LogP contribution in [0.25, 0.3) is 17.5 Å². The van der Waals surface area contributed by atoms with E-state index < -0.39 is 41.8 Å². The number of carbonyl (C=O) groups is 3. The largest absolute Gasteiger partial charge is 0.495 e. The van der Waals surface area contributed by atoms with Crippen molar-refractivity contribution in [3.63, 3.8) is 0 Å². The molecule has 24 nitrogen and oxygen atoms in total. The molecule has 3 fully saturated rings. The number of halogens is 1. The molecule has 3 aliphatic rings.